The van der Waals surface area contributed by atoms with Gasteiger partial charge in [-0.15, -0.1) is 0 Å². The molecule has 1 heterocycles. The highest BCUT2D eigenvalue weighted by Crippen LogP contribution is 2.26. The first-order valence-electron chi connectivity index (χ1n) is 5.16. The lowest BCUT2D eigenvalue weighted by Gasteiger charge is -2.15. The molecule has 2 N–H and O–H groups in total. The minimum Gasteiger partial charge on any atom is -0.457 e. The molecule has 0 aromatic carbocycles. The maximum absolute atomic E-state index is 11.7. The molecule has 6 nitrogen and oxygen atoms in total. The van der Waals surface area contributed by atoms with Gasteiger partial charge in [0.2, 0.25) is 15.8 Å². The Balaban J connectivity index is 2.96. The molecule has 0 aliphatic carbocycles. The van der Waals surface area contributed by atoms with Crippen molar-refractivity contribution in [3.63, 3.8) is 0 Å². The second kappa shape index (κ2) is 5.41. The smallest absolute Gasteiger partial charge is 0.374 e. The van der Waals surface area contributed by atoms with E-state index >= 15 is 0 Å². The predicted octanol–water partition coefficient (Wildman–Crippen LogP) is 1.89. The summed E-state index contributed by atoms with van der Waals surface area (Å²) in [5.41, 5.74) is 0. The second-order valence-electron chi connectivity index (χ2n) is 4.15. The molecule has 0 bridgehead atoms. The maximum Gasteiger partial charge on any atom is 0.374 e. The lowest BCUT2D eigenvalue weighted by Crippen LogP contribution is -2.20. The van der Waals surface area contributed by atoms with E-state index < -0.39 is 16.0 Å². The normalized spacial score (nSPS) is 13.7. The van der Waals surface area contributed by atoms with Crippen molar-refractivity contribution in [3.05, 3.63) is 16.5 Å². The number of rotatable bonds is 4. The quantitative estimate of drug-likeness (QED) is 0.844. The minimum absolute atomic E-state index is 0.117. The summed E-state index contributed by atoms with van der Waals surface area (Å²) in [5, 5.41) is 4.95. The number of carbonyl (C=O) groups is 1. The summed E-state index contributed by atoms with van der Waals surface area (Å²) in [6.45, 7) is 5.53. The van der Waals surface area contributed by atoms with E-state index in [4.69, 9.17) is 14.3 Å². The number of hydrogen-bond donors (Lipinski definition) is 1. The van der Waals surface area contributed by atoms with E-state index in [0.29, 0.717) is 0 Å². The van der Waals surface area contributed by atoms with Crippen molar-refractivity contribution in [1.29, 1.82) is 0 Å². The fourth-order valence-corrected chi connectivity index (χ4v) is 2.51. The van der Waals surface area contributed by atoms with Crippen LogP contribution in [-0.4, -0.2) is 20.5 Å². The molecule has 18 heavy (non-hydrogen) atoms. The Kier molecular flexibility index (Phi) is 4.57. The van der Waals surface area contributed by atoms with Gasteiger partial charge in [0.1, 0.15) is 11.0 Å². The molecular weight excluding hydrogens is 326 g/mol. The van der Waals surface area contributed by atoms with Gasteiger partial charge in [0.25, 0.3) is 0 Å². The number of esters is 1. The number of nitrogens with two attached hydrogens (primary N) is 1. The highest BCUT2D eigenvalue weighted by atomic mass is 79.9. The van der Waals surface area contributed by atoms with E-state index in [2.05, 4.69) is 15.9 Å². The van der Waals surface area contributed by atoms with E-state index in [1.165, 1.54) is 0 Å². The van der Waals surface area contributed by atoms with E-state index in [-0.39, 0.29) is 27.3 Å². The average Bonchev–Trinajstić information content (AvgIpc) is 2.59. The van der Waals surface area contributed by atoms with Crippen LogP contribution in [0.1, 0.15) is 31.3 Å². The summed E-state index contributed by atoms with van der Waals surface area (Å²) in [7, 11) is -3.94. The molecule has 0 fully saturated rings. The Bertz CT molecular complexity index is 549. The monoisotopic (exact) mass is 339 g/mol. The number of hydrogen-bond acceptors (Lipinski definition) is 5. The van der Waals surface area contributed by atoms with Crippen LogP contribution in [0.4, 0.5) is 0 Å². The molecule has 1 rings (SSSR count). The zero-order valence-corrected chi connectivity index (χ0v) is 12.5. The number of halogens is 1. The molecular formula is C10H14BrNO5S. The third-order valence-electron chi connectivity index (χ3n) is 2.39. The fourth-order valence-electron chi connectivity index (χ4n) is 1.01. The van der Waals surface area contributed by atoms with Gasteiger partial charge in [0, 0.05) is 6.07 Å². The molecule has 8 heteroatoms. The van der Waals surface area contributed by atoms with Crippen LogP contribution in [0.25, 0.3) is 0 Å². The molecule has 1 unspecified atom stereocenters. The molecule has 0 spiro atoms. The van der Waals surface area contributed by atoms with Crippen LogP contribution in [-0.2, 0) is 14.8 Å². The number of furan rings is 1. The Hall–Kier alpha value is -0.860. The van der Waals surface area contributed by atoms with Gasteiger partial charge in [-0.2, -0.15) is 0 Å². The summed E-state index contributed by atoms with van der Waals surface area (Å²) in [4.78, 5) is 11.4. The zero-order chi connectivity index (χ0) is 14.1. The first-order valence-corrected chi connectivity index (χ1v) is 7.50. The fraction of sp³-hybridized carbons (Fsp3) is 0.500. The van der Waals surface area contributed by atoms with E-state index in [1.54, 1.807) is 6.92 Å². The highest BCUT2D eigenvalue weighted by molar-refractivity contribution is 9.10. The van der Waals surface area contributed by atoms with Crippen molar-refractivity contribution in [1.82, 2.24) is 0 Å². The Morgan fingerprint density at radius 2 is 2.00 bits per heavy atom. The average molecular weight is 340 g/mol. The summed E-state index contributed by atoms with van der Waals surface area (Å²) in [6.07, 6.45) is -0.306. The van der Waals surface area contributed by atoms with Crippen LogP contribution < -0.4 is 5.14 Å². The largest absolute Gasteiger partial charge is 0.457 e. The number of sulfonamides is 1. The van der Waals surface area contributed by atoms with Crippen LogP contribution in [0.5, 0.6) is 0 Å². The van der Waals surface area contributed by atoms with Crippen LogP contribution >= 0.6 is 15.9 Å². The summed E-state index contributed by atoms with van der Waals surface area (Å²) >= 11 is 2.88. The minimum atomic E-state index is -3.94. The molecule has 102 valence electrons. The van der Waals surface area contributed by atoms with Gasteiger partial charge in [0.05, 0.1) is 0 Å². The number of carbonyl (C=O) groups excluding carboxylic acids is 1. The first-order chi connectivity index (χ1) is 8.12. The van der Waals surface area contributed by atoms with Gasteiger partial charge in [-0.25, -0.2) is 18.4 Å². The second-order valence-corrected chi connectivity index (χ2v) is 6.40. The van der Waals surface area contributed by atoms with Gasteiger partial charge >= 0.3 is 5.97 Å². The van der Waals surface area contributed by atoms with Crippen molar-refractivity contribution in [2.75, 3.05) is 0 Å². The van der Waals surface area contributed by atoms with E-state index in [9.17, 15) is 13.2 Å². The Morgan fingerprint density at radius 3 is 2.39 bits per heavy atom. The van der Waals surface area contributed by atoms with Crippen LogP contribution in [0.3, 0.4) is 0 Å². The lowest BCUT2D eigenvalue weighted by atomic mass is 10.1. The van der Waals surface area contributed by atoms with Crippen molar-refractivity contribution in [2.24, 2.45) is 11.1 Å². The molecule has 0 aliphatic rings. The summed E-state index contributed by atoms with van der Waals surface area (Å²) < 4.78 is 32.3. The Morgan fingerprint density at radius 1 is 1.44 bits per heavy atom. The summed E-state index contributed by atoms with van der Waals surface area (Å²) in [6, 6.07) is 1.04. The summed E-state index contributed by atoms with van der Waals surface area (Å²) in [5.74, 6) is -0.796. The predicted molar refractivity (Wildman–Crippen MR) is 67.5 cm³/mol. The SMILES string of the molecule is CC(C)C(C)OC(=O)c1cc(S(N)(=O)=O)c(Br)o1. The van der Waals surface area contributed by atoms with Crippen molar-refractivity contribution < 1.29 is 22.4 Å². The topological polar surface area (TPSA) is 99.6 Å². The van der Waals surface area contributed by atoms with Gasteiger partial charge < -0.3 is 9.15 Å². The van der Waals surface area contributed by atoms with Crippen LogP contribution in [0.15, 0.2) is 20.0 Å². The lowest BCUT2D eigenvalue weighted by molar-refractivity contribution is 0.0202. The third-order valence-corrected chi connectivity index (χ3v) is 4.16. The van der Waals surface area contributed by atoms with E-state index in [0.717, 1.165) is 6.07 Å². The van der Waals surface area contributed by atoms with Crippen LogP contribution in [0, 0.1) is 5.92 Å². The molecule has 0 amide bonds. The van der Waals surface area contributed by atoms with Gasteiger partial charge in [0.15, 0.2) is 4.67 Å². The first kappa shape index (κ1) is 15.2. The van der Waals surface area contributed by atoms with E-state index in [1.807, 2.05) is 13.8 Å². The van der Waals surface area contributed by atoms with Crippen LogP contribution in [0.2, 0.25) is 0 Å². The number of primary sulfonamides is 1. The molecule has 0 aliphatic heterocycles. The molecule has 1 atom stereocenters. The number of ether oxygens (including phenoxy) is 1. The van der Waals surface area contributed by atoms with Gasteiger partial charge in [-0.1, -0.05) is 13.8 Å². The maximum atomic E-state index is 11.7. The van der Waals surface area contributed by atoms with Crippen molar-refractivity contribution in [2.45, 2.75) is 31.8 Å². The standard InChI is InChI=1S/C10H14BrNO5S/c1-5(2)6(3)16-10(13)7-4-8(9(11)17-7)18(12,14)15/h4-6H,1-3H3,(H2,12,14,15). The van der Waals surface area contributed by atoms with Gasteiger partial charge in [-0.3, -0.25) is 0 Å². The molecule has 1 aromatic heterocycles. The van der Waals surface area contributed by atoms with Gasteiger partial charge in [-0.05, 0) is 28.8 Å². The van der Waals surface area contributed by atoms with Crippen molar-refractivity contribution >= 4 is 31.9 Å². The zero-order valence-electron chi connectivity index (χ0n) is 10.1. The Labute approximate surface area is 114 Å². The molecule has 0 saturated heterocycles. The third kappa shape index (κ3) is 3.56. The van der Waals surface area contributed by atoms with Crippen molar-refractivity contribution in [3.8, 4) is 0 Å². The molecule has 1 aromatic rings. The molecule has 0 saturated carbocycles. The highest BCUT2D eigenvalue weighted by Gasteiger charge is 2.24. The molecule has 0 radical (unpaired) electrons.